The van der Waals surface area contributed by atoms with Gasteiger partial charge in [0.25, 0.3) is 0 Å². The molecule has 0 fully saturated rings. The van der Waals surface area contributed by atoms with E-state index < -0.39 is 0 Å². The van der Waals surface area contributed by atoms with Crippen molar-refractivity contribution in [3.63, 3.8) is 0 Å². The Labute approximate surface area is 76.8 Å². The predicted molar refractivity (Wildman–Crippen MR) is 48.8 cm³/mol. The predicted octanol–water partition coefficient (Wildman–Crippen LogP) is 1.10. The van der Waals surface area contributed by atoms with E-state index in [0.717, 1.165) is 30.8 Å². The Morgan fingerprint density at radius 3 is 3.15 bits per heavy atom. The van der Waals surface area contributed by atoms with Crippen LogP contribution in [0.3, 0.4) is 0 Å². The highest BCUT2D eigenvalue weighted by atomic mass is 16.5. The second kappa shape index (κ2) is 3.62. The van der Waals surface area contributed by atoms with E-state index in [1.54, 1.807) is 18.7 Å². The van der Waals surface area contributed by atoms with Crippen molar-refractivity contribution < 1.29 is 4.74 Å². The number of imidazole rings is 1. The lowest BCUT2D eigenvalue weighted by Gasteiger charge is -2.17. The molecule has 4 nitrogen and oxygen atoms in total. The minimum atomic E-state index is -0.143. The van der Waals surface area contributed by atoms with Gasteiger partial charge in [-0.15, -0.1) is 0 Å². The van der Waals surface area contributed by atoms with Crippen LogP contribution >= 0.6 is 0 Å². The fraction of sp³-hybridized carbons (Fsp3) is 0.444. The zero-order chi connectivity index (χ0) is 9.10. The first-order valence-electron chi connectivity index (χ1n) is 4.43. The Kier molecular flexibility index (Phi) is 2.31. The van der Waals surface area contributed by atoms with Crippen LogP contribution in [-0.4, -0.2) is 16.6 Å². The molecule has 4 heteroatoms. The molecule has 1 aliphatic rings. The summed E-state index contributed by atoms with van der Waals surface area (Å²) in [5.41, 5.74) is 7.08. The van der Waals surface area contributed by atoms with Gasteiger partial charge in [0.05, 0.1) is 18.9 Å². The maximum absolute atomic E-state index is 5.97. The largest absolute Gasteiger partial charge is 0.501 e. The first-order chi connectivity index (χ1) is 6.38. The maximum atomic E-state index is 5.97. The topological polar surface area (TPSA) is 63.9 Å². The van der Waals surface area contributed by atoms with Gasteiger partial charge in [-0.1, -0.05) is 0 Å². The molecule has 0 saturated carbocycles. The van der Waals surface area contributed by atoms with E-state index in [9.17, 15) is 0 Å². The summed E-state index contributed by atoms with van der Waals surface area (Å²) in [6, 6.07) is -0.143. The van der Waals surface area contributed by atoms with E-state index in [4.69, 9.17) is 10.5 Å². The molecule has 0 radical (unpaired) electrons. The quantitative estimate of drug-likeness (QED) is 0.714. The van der Waals surface area contributed by atoms with E-state index >= 15 is 0 Å². The van der Waals surface area contributed by atoms with E-state index in [0.29, 0.717) is 0 Å². The molecule has 2 heterocycles. The average molecular weight is 179 g/mol. The zero-order valence-corrected chi connectivity index (χ0v) is 7.36. The minimum absolute atomic E-state index is 0.143. The van der Waals surface area contributed by atoms with Crippen molar-refractivity contribution in [2.75, 3.05) is 6.61 Å². The van der Waals surface area contributed by atoms with Crippen LogP contribution < -0.4 is 5.73 Å². The number of nitrogens with zero attached hydrogens (tertiary/aromatic N) is 1. The molecule has 2 rings (SSSR count). The third-order valence-electron chi connectivity index (χ3n) is 2.18. The van der Waals surface area contributed by atoms with Crippen molar-refractivity contribution in [2.24, 2.45) is 5.73 Å². The molecule has 1 aliphatic heterocycles. The summed E-state index contributed by atoms with van der Waals surface area (Å²) in [4.78, 5) is 7.12. The Hall–Kier alpha value is -1.29. The molecule has 0 amide bonds. The Morgan fingerprint density at radius 1 is 1.62 bits per heavy atom. The number of aromatic nitrogens is 2. The summed E-state index contributed by atoms with van der Waals surface area (Å²) in [6.07, 6.45) is 7.29. The molecule has 0 saturated heterocycles. The van der Waals surface area contributed by atoms with Gasteiger partial charge in [-0.25, -0.2) is 4.98 Å². The van der Waals surface area contributed by atoms with Gasteiger partial charge in [0.2, 0.25) is 0 Å². The first kappa shape index (κ1) is 8.31. The van der Waals surface area contributed by atoms with Crippen LogP contribution in [0.5, 0.6) is 0 Å². The molecule has 0 aliphatic carbocycles. The number of hydrogen-bond acceptors (Lipinski definition) is 3. The second-order valence-electron chi connectivity index (χ2n) is 3.12. The summed E-state index contributed by atoms with van der Waals surface area (Å²) in [7, 11) is 0. The second-order valence-corrected chi connectivity index (χ2v) is 3.12. The fourth-order valence-corrected chi connectivity index (χ4v) is 1.44. The summed E-state index contributed by atoms with van der Waals surface area (Å²) >= 11 is 0. The van der Waals surface area contributed by atoms with E-state index in [-0.39, 0.29) is 6.04 Å². The third kappa shape index (κ3) is 1.72. The van der Waals surface area contributed by atoms with Gasteiger partial charge >= 0.3 is 0 Å². The summed E-state index contributed by atoms with van der Waals surface area (Å²) < 4.78 is 5.22. The molecule has 0 bridgehead atoms. The summed E-state index contributed by atoms with van der Waals surface area (Å²) in [6.45, 7) is 0.800. The van der Waals surface area contributed by atoms with Crippen LogP contribution in [0.2, 0.25) is 0 Å². The molecule has 70 valence electrons. The van der Waals surface area contributed by atoms with Crippen LogP contribution in [0.15, 0.2) is 24.2 Å². The molecule has 0 aromatic carbocycles. The minimum Gasteiger partial charge on any atom is -0.501 e. The van der Waals surface area contributed by atoms with Crippen LogP contribution in [0.1, 0.15) is 24.7 Å². The van der Waals surface area contributed by atoms with E-state index in [1.807, 2.05) is 0 Å². The number of aromatic amines is 1. The van der Waals surface area contributed by atoms with Gasteiger partial charge in [-0.3, -0.25) is 0 Å². The molecular weight excluding hydrogens is 166 g/mol. The standard InChI is InChI=1S/C9H13N3O/c10-8(9-11-3-4-12-9)7-2-1-5-13-6-7/h3-4,6,8H,1-2,5,10H2,(H,11,12). The number of hydrogen-bond donors (Lipinski definition) is 2. The van der Waals surface area contributed by atoms with Gasteiger partial charge in [0, 0.05) is 12.4 Å². The van der Waals surface area contributed by atoms with Crippen molar-refractivity contribution >= 4 is 0 Å². The number of H-pyrrole nitrogens is 1. The molecule has 1 atom stereocenters. The van der Waals surface area contributed by atoms with Gasteiger partial charge in [-0.2, -0.15) is 0 Å². The van der Waals surface area contributed by atoms with Crippen molar-refractivity contribution in [2.45, 2.75) is 18.9 Å². The third-order valence-corrected chi connectivity index (χ3v) is 2.18. The lowest BCUT2D eigenvalue weighted by molar-refractivity contribution is 0.221. The van der Waals surface area contributed by atoms with Crippen molar-refractivity contribution in [3.05, 3.63) is 30.1 Å². The molecule has 1 unspecified atom stereocenters. The Bertz CT molecular complexity index is 292. The molecule has 0 spiro atoms. The number of ether oxygens (including phenoxy) is 1. The molecule has 1 aromatic heterocycles. The molecule has 13 heavy (non-hydrogen) atoms. The molecule has 3 N–H and O–H groups in total. The maximum Gasteiger partial charge on any atom is 0.127 e. The normalized spacial score (nSPS) is 19.0. The number of nitrogens with one attached hydrogen (secondary N) is 1. The van der Waals surface area contributed by atoms with Gasteiger partial charge in [0.15, 0.2) is 0 Å². The highest BCUT2D eigenvalue weighted by Gasteiger charge is 2.16. The van der Waals surface area contributed by atoms with Gasteiger partial charge < -0.3 is 15.5 Å². The number of rotatable bonds is 2. The Morgan fingerprint density at radius 2 is 2.54 bits per heavy atom. The monoisotopic (exact) mass is 179 g/mol. The lowest BCUT2D eigenvalue weighted by atomic mass is 10.0. The van der Waals surface area contributed by atoms with Crippen molar-refractivity contribution in [3.8, 4) is 0 Å². The summed E-state index contributed by atoms with van der Waals surface area (Å²) in [5.74, 6) is 0.803. The van der Waals surface area contributed by atoms with Gasteiger partial charge in [0.1, 0.15) is 5.82 Å². The Balaban J connectivity index is 2.12. The average Bonchev–Trinajstić information content (AvgIpc) is 2.71. The lowest BCUT2D eigenvalue weighted by Crippen LogP contribution is -2.17. The smallest absolute Gasteiger partial charge is 0.127 e. The van der Waals surface area contributed by atoms with Crippen LogP contribution in [0.25, 0.3) is 0 Å². The first-order valence-corrected chi connectivity index (χ1v) is 4.43. The van der Waals surface area contributed by atoms with Gasteiger partial charge in [-0.05, 0) is 18.4 Å². The molecular formula is C9H13N3O. The summed E-state index contributed by atoms with van der Waals surface area (Å²) in [5, 5.41) is 0. The fourth-order valence-electron chi connectivity index (χ4n) is 1.44. The number of nitrogens with two attached hydrogens (primary N) is 1. The molecule has 1 aromatic rings. The van der Waals surface area contributed by atoms with Crippen LogP contribution in [0, 0.1) is 0 Å². The zero-order valence-electron chi connectivity index (χ0n) is 7.36. The van der Waals surface area contributed by atoms with E-state index in [1.165, 1.54) is 0 Å². The van der Waals surface area contributed by atoms with Crippen molar-refractivity contribution in [1.82, 2.24) is 9.97 Å². The van der Waals surface area contributed by atoms with Crippen molar-refractivity contribution in [1.29, 1.82) is 0 Å². The van der Waals surface area contributed by atoms with E-state index in [2.05, 4.69) is 9.97 Å². The highest BCUT2D eigenvalue weighted by Crippen LogP contribution is 2.22. The van der Waals surface area contributed by atoms with Crippen LogP contribution in [0.4, 0.5) is 0 Å². The van der Waals surface area contributed by atoms with Crippen LogP contribution in [-0.2, 0) is 4.74 Å². The highest BCUT2D eigenvalue weighted by molar-refractivity contribution is 5.16. The SMILES string of the molecule is NC(C1=COCCC1)c1ncc[nH]1.